The van der Waals surface area contributed by atoms with Crippen molar-refractivity contribution in [2.75, 3.05) is 24.8 Å². The molecule has 2 fully saturated rings. The first-order valence-corrected chi connectivity index (χ1v) is 12.7. The van der Waals surface area contributed by atoms with Gasteiger partial charge in [-0.2, -0.15) is 0 Å². The molecule has 8 nitrogen and oxygen atoms in total. The van der Waals surface area contributed by atoms with Gasteiger partial charge in [-0.05, 0) is 55.2 Å². The molecule has 3 aromatic rings. The largest absolute Gasteiger partial charge is 0.454 e. The number of pyridine rings is 1. The molecule has 0 unspecified atom stereocenters. The summed E-state index contributed by atoms with van der Waals surface area (Å²) in [5.41, 5.74) is 1.69. The van der Waals surface area contributed by atoms with Crippen molar-refractivity contribution in [3.63, 3.8) is 0 Å². The van der Waals surface area contributed by atoms with Crippen LogP contribution in [0.5, 0.6) is 11.5 Å². The first kappa shape index (κ1) is 22.1. The van der Waals surface area contributed by atoms with E-state index in [2.05, 4.69) is 4.90 Å². The highest BCUT2D eigenvalue weighted by Gasteiger charge is 2.33. The van der Waals surface area contributed by atoms with E-state index in [4.69, 9.17) is 26.7 Å². The van der Waals surface area contributed by atoms with Gasteiger partial charge in [-0.25, -0.2) is 4.98 Å². The first-order chi connectivity index (χ1) is 17.1. The maximum absolute atomic E-state index is 13.5. The molecule has 0 aliphatic carbocycles. The average Bonchev–Trinajstić information content (AvgIpc) is 3.45. The van der Waals surface area contributed by atoms with Gasteiger partial charge >= 0.3 is 0 Å². The fourth-order valence-electron chi connectivity index (χ4n) is 4.55. The summed E-state index contributed by atoms with van der Waals surface area (Å²) in [7, 11) is 0. The number of hydrogen-bond acceptors (Lipinski definition) is 8. The lowest BCUT2D eigenvalue weighted by Crippen LogP contribution is -2.33. The van der Waals surface area contributed by atoms with Crippen LogP contribution in [-0.2, 0) is 11.3 Å². The van der Waals surface area contributed by atoms with Crippen molar-refractivity contribution in [3.05, 3.63) is 69.0 Å². The lowest BCUT2D eigenvalue weighted by Gasteiger charge is -2.29. The molecule has 10 heteroatoms. The summed E-state index contributed by atoms with van der Waals surface area (Å²) in [6, 6.07) is 11.1. The fourth-order valence-corrected chi connectivity index (χ4v) is 5.79. The van der Waals surface area contributed by atoms with Crippen LogP contribution in [0, 0.1) is 0 Å². The van der Waals surface area contributed by atoms with Gasteiger partial charge in [-0.1, -0.05) is 36.1 Å². The molecule has 3 aliphatic heterocycles. The van der Waals surface area contributed by atoms with E-state index in [1.54, 1.807) is 23.2 Å². The topological polar surface area (TPSA) is 76.4 Å². The van der Waals surface area contributed by atoms with E-state index in [-0.39, 0.29) is 18.3 Å². The highest BCUT2D eigenvalue weighted by molar-refractivity contribution is 8.26. The van der Waals surface area contributed by atoms with Crippen molar-refractivity contribution in [2.24, 2.45) is 0 Å². The molecule has 2 aromatic heterocycles. The maximum atomic E-state index is 13.5. The van der Waals surface area contributed by atoms with Gasteiger partial charge in [0.25, 0.3) is 11.5 Å². The Morgan fingerprint density at radius 2 is 1.89 bits per heavy atom. The monoisotopic (exact) mass is 506 g/mol. The maximum Gasteiger partial charge on any atom is 0.267 e. The molecule has 2 saturated heterocycles. The SMILES string of the molecule is O=C1C(=Cc2c(N3CCCCC3)nc3ccccn3c2=O)SC(=S)N1Cc1ccc2c(c1)OCO2. The van der Waals surface area contributed by atoms with Crippen molar-refractivity contribution >= 4 is 51.7 Å². The van der Waals surface area contributed by atoms with Crippen molar-refractivity contribution in [3.8, 4) is 11.5 Å². The van der Waals surface area contributed by atoms with Gasteiger partial charge in [-0.15, -0.1) is 0 Å². The van der Waals surface area contributed by atoms with Crippen molar-refractivity contribution in [2.45, 2.75) is 25.8 Å². The number of thioether (sulfide) groups is 1. The molecule has 0 N–H and O–H groups in total. The normalized spacial score (nSPS) is 18.8. The van der Waals surface area contributed by atoms with Gasteiger partial charge < -0.3 is 14.4 Å². The van der Waals surface area contributed by atoms with Crippen LogP contribution in [0.3, 0.4) is 0 Å². The van der Waals surface area contributed by atoms with Gasteiger partial charge in [0.05, 0.1) is 17.0 Å². The van der Waals surface area contributed by atoms with E-state index >= 15 is 0 Å². The molecule has 0 radical (unpaired) electrons. The molecule has 6 rings (SSSR count). The number of fused-ring (bicyclic) bond motifs is 2. The van der Waals surface area contributed by atoms with Gasteiger partial charge in [0.15, 0.2) is 11.5 Å². The molecule has 3 aliphatic rings. The number of ether oxygens (including phenoxy) is 2. The number of aromatic nitrogens is 2. The summed E-state index contributed by atoms with van der Waals surface area (Å²) in [5, 5.41) is 0. The number of nitrogens with zero attached hydrogens (tertiary/aromatic N) is 4. The van der Waals surface area contributed by atoms with Crippen LogP contribution < -0.4 is 19.9 Å². The summed E-state index contributed by atoms with van der Waals surface area (Å²) >= 11 is 6.75. The second-order valence-electron chi connectivity index (χ2n) is 8.59. The third-order valence-electron chi connectivity index (χ3n) is 6.33. The lowest BCUT2D eigenvalue weighted by molar-refractivity contribution is -0.122. The predicted octanol–water partition coefficient (Wildman–Crippen LogP) is 3.81. The van der Waals surface area contributed by atoms with Gasteiger partial charge in [0.2, 0.25) is 6.79 Å². The molecule has 1 aromatic carbocycles. The number of carbonyl (C=O) groups excluding carboxylic acids is 1. The number of amides is 1. The minimum atomic E-state index is -0.222. The quantitative estimate of drug-likeness (QED) is 0.391. The summed E-state index contributed by atoms with van der Waals surface area (Å²) in [4.78, 5) is 35.8. The minimum Gasteiger partial charge on any atom is -0.454 e. The Bertz CT molecular complexity index is 1450. The average molecular weight is 507 g/mol. The molecule has 0 bridgehead atoms. The Morgan fingerprint density at radius 3 is 2.74 bits per heavy atom. The summed E-state index contributed by atoms with van der Waals surface area (Å²) in [6.45, 7) is 2.17. The molecule has 1 amide bonds. The van der Waals surface area contributed by atoms with Crippen LogP contribution in [0.1, 0.15) is 30.4 Å². The summed E-state index contributed by atoms with van der Waals surface area (Å²) in [6.07, 6.45) is 6.63. The molecule has 35 heavy (non-hydrogen) atoms. The van der Waals surface area contributed by atoms with Crippen LogP contribution in [-0.4, -0.2) is 44.4 Å². The summed E-state index contributed by atoms with van der Waals surface area (Å²) < 4.78 is 12.8. The van der Waals surface area contributed by atoms with E-state index in [1.165, 1.54) is 16.2 Å². The standard InChI is InChI=1S/C25H22N4O4S2/c30-23-17(22(27-9-3-1-4-10-27)26-21-6-2-5-11-28(21)23)13-20-24(31)29(25(34)35-20)14-16-7-8-18-19(12-16)33-15-32-18/h2,5-8,11-13H,1,3-4,9-10,14-15H2. The van der Waals surface area contributed by atoms with Crippen molar-refractivity contribution < 1.29 is 14.3 Å². The van der Waals surface area contributed by atoms with Crippen molar-refractivity contribution in [1.29, 1.82) is 0 Å². The first-order valence-electron chi connectivity index (χ1n) is 11.5. The van der Waals surface area contributed by atoms with E-state index in [0.717, 1.165) is 37.9 Å². The second-order valence-corrected chi connectivity index (χ2v) is 10.3. The number of rotatable bonds is 4. The van der Waals surface area contributed by atoms with E-state index < -0.39 is 0 Å². The number of hydrogen-bond donors (Lipinski definition) is 0. The molecule has 0 atom stereocenters. The van der Waals surface area contributed by atoms with E-state index in [1.807, 2.05) is 30.3 Å². The zero-order valence-corrected chi connectivity index (χ0v) is 20.4. The van der Waals surface area contributed by atoms with Crippen LogP contribution in [0.2, 0.25) is 0 Å². The smallest absolute Gasteiger partial charge is 0.267 e. The Morgan fingerprint density at radius 1 is 1.06 bits per heavy atom. The molecule has 0 saturated carbocycles. The zero-order valence-electron chi connectivity index (χ0n) is 18.8. The van der Waals surface area contributed by atoms with E-state index in [0.29, 0.717) is 44.3 Å². The van der Waals surface area contributed by atoms with Crippen LogP contribution >= 0.6 is 24.0 Å². The lowest BCUT2D eigenvalue weighted by atomic mass is 10.1. The van der Waals surface area contributed by atoms with Crippen LogP contribution in [0.4, 0.5) is 5.82 Å². The van der Waals surface area contributed by atoms with Crippen molar-refractivity contribution in [1.82, 2.24) is 14.3 Å². The Hall–Kier alpha value is -3.37. The number of carbonyl (C=O) groups is 1. The third-order valence-corrected chi connectivity index (χ3v) is 7.71. The number of benzene rings is 1. The molecular weight excluding hydrogens is 484 g/mol. The molecule has 178 valence electrons. The minimum absolute atomic E-state index is 0.192. The highest BCUT2D eigenvalue weighted by Crippen LogP contribution is 2.37. The second kappa shape index (κ2) is 9.01. The molecule has 5 heterocycles. The Kier molecular flexibility index (Phi) is 5.69. The molecular formula is C25H22N4O4S2. The molecule has 0 spiro atoms. The van der Waals surface area contributed by atoms with Gasteiger partial charge in [-0.3, -0.25) is 18.9 Å². The Balaban J connectivity index is 1.36. The van der Waals surface area contributed by atoms with Gasteiger partial charge in [0, 0.05) is 19.3 Å². The summed E-state index contributed by atoms with van der Waals surface area (Å²) in [5.74, 6) is 1.75. The van der Waals surface area contributed by atoms with Crippen LogP contribution in [0.25, 0.3) is 11.7 Å². The highest BCUT2D eigenvalue weighted by atomic mass is 32.2. The number of piperidine rings is 1. The van der Waals surface area contributed by atoms with E-state index in [9.17, 15) is 9.59 Å². The predicted molar refractivity (Wildman–Crippen MR) is 139 cm³/mol. The Labute approximate surface area is 211 Å². The van der Waals surface area contributed by atoms with Gasteiger partial charge in [0.1, 0.15) is 15.8 Å². The number of thiocarbonyl (C=S) groups is 1. The van der Waals surface area contributed by atoms with Crippen LogP contribution in [0.15, 0.2) is 52.3 Å². The fraction of sp³-hybridized carbons (Fsp3) is 0.280. The number of anilines is 1. The zero-order chi connectivity index (χ0) is 23.9. The third kappa shape index (κ3) is 4.06.